The van der Waals surface area contributed by atoms with Gasteiger partial charge < -0.3 is 14.3 Å². The molecule has 1 aliphatic heterocycles. The van der Waals surface area contributed by atoms with Crippen LogP contribution in [0.2, 0.25) is 0 Å². The van der Waals surface area contributed by atoms with Gasteiger partial charge in [-0.2, -0.15) is 5.48 Å². The number of hydrogen-bond acceptors (Lipinski definition) is 4. The van der Waals surface area contributed by atoms with Gasteiger partial charge in [-0.25, -0.2) is 0 Å². The smallest absolute Gasteiger partial charge is 0.165 e. The van der Waals surface area contributed by atoms with E-state index >= 15 is 0 Å². The molecule has 0 radical (unpaired) electrons. The molecule has 0 aromatic heterocycles. The normalized spacial score (nSPS) is 13.4. The van der Waals surface area contributed by atoms with Crippen molar-refractivity contribution in [3.05, 3.63) is 21.7 Å². The molecule has 1 aliphatic rings. The standard InChI is InChI=1S/C11H14BrNO3/c1-14-9-5-7(6-13-15-2)10(12)8-3-4-16-11(8)9/h5,13H,3-4,6H2,1-2H3. The number of benzene rings is 1. The Morgan fingerprint density at radius 1 is 1.50 bits per heavy atom. The lowest BCUT2D eigenvalue weighted by Crippen LogP contribution is -2.11. The Morgan fingerprint density at radius 2 is 2.31 bits per heavy atom. The third kappa shape index (κ3) is 2.03. The van der Waals surface area contributed by atoms with Crippen LogP contribution < -0.4 is 15.0 Å². The fourth-order valence-corrected chi connectivity index (χ4v) is 2.43. The molecule has 1 heterocycles. The summed E-state index contributed by atoms with van der Waals surface area (Å²) in [6.45, 7) is 1.34. The van der Waals surface area contributed by atoms with Gasteiger partial charge in [-0.05, 0) is 11.6 Å². The molecule has 0 bridgehead atoms. The fourth-order valence-electron chi connectivity index (χ4n) is 1.80. The highest BCUT2D eigenvalue weighted by Gasteiger charge is 2.22. The maximum absolute atomic E-state index is 5.55. The van der Waals surface area contributed by atoms with Crippen molar-refractivity contribution >= 4 is 15.9 Å². The number of ether oxygens (including phenoxy) is 2. The Kier molecular flexibility index (Phi) is 3.68. The molecular formula is C11H14BrNO3. The number of hydrogen-bond donors (Lipinski definition) is 1. The van der Waals surface area contributed by atoms with Crippen molar-refractivity contribution in [2.75, 3.05) is 20.8 Å². The van der Waals surface area contributed by atoms with Crippen molar-refractivity contribution in [2.24, 2.45) is 0 Å². The van der Waals surface area contributed by atoms with E-state index in [9.17, 15) is 0 Å². The molecule has 5 heteroatoms. The van der Waals surface area contributed by atoms with Gasteiger partial charge in [0.15, 0.2) is 11.5 Å². The summed E-state index contributed by atoms with van der Waals surface area (Å²) < 4.78 is 11.9. The number of nitrogens with one attached hydrogen (secondary N) is 1. The molecule has 0 spiro atoms. The second-order valence-electron chi connectivity index (χ2n) is 3.48. The van der Waals surface area contributed by atoms with Gasteiger partial charge in [-0.1, -0.05) is 15.9 Å². The van der Waals surface area contributed by atoms with Crippen molar-refractivity contribution in [3.63, 3.8) is 0 Å². The molecule has 0 atom stereocenters. The van der Waals surface area contributed by atoms with Crippen molar-refractivity contribution in [3.8, 4) is 11.5 Å². The lowest BCUT2D eigenvalue weighted by Gasteiger charge is -2.12. The van der Waals surface area contributed by atoms with Crippen LogP contribution in [0.25, 0.3) is 0 Å². The summed E-state index contributed by atoms with van der Waals surface area (Å²) in [6, 6.07) is 1.96. The van der Waals surface area contributed by atoms with Gasteiger partial charge in [0, 0.05) is 23.0 Å². The van der Waals surface area contributed by atoms with Gasteiger partial charge in [-0.3, -0.25) is 0 Å². The third-order valence-electron chi connectivity index (χ3n) is 2.58. The predicted octanol–water partition coefficient (Wildman–Crippen LogP) is 2.04. The molecule has 0 amide bonds. The van der Waals surface area contributed by atoms with E-state index in [4.69, 9.17) is 14.3 Å². The van der Waals surface area contributed by atoms with E-state index in [0.717, 1.165) is 28.0 Å². The van der Waals surface area contributed by atoms with Crippen molar-refractivity contribution in [1.82, 2.24) is 5.48 Å². The van der Waals surface area contributed by atoms with Crippen LogP contribution in [0.1, 0.15) is 11.1 Å². The van der Waals surface area contributed by atoms with Crippen LogP contribution in [0.3, 0.4) is 0 Å². The van der Waals surface area contributed by atoms with Gasteiger partial charge in [0.1, 0.15) is 0 Å². The first-order valence-electron chi connectivity index (χ1n) is 5.04. The topological polar surface area (TPSA) is 39.7 Å². The van der Waals surface area contributed by atoms with E-state index in [1.807, 2.05) is 6.07 Å². The van der Waals surface area contributed by atoms with Crippen LogP contribution in [-0.2, 0) is 17.8 Å². The summed E-state index contributed by atoms with van der Waals surface area (Å²) in [5.41, 5.74) is 5.09. The van der Waals surface area contributed by atoms with E-state index < -0.39 is 0 Å². The molecule has 2 rings (SSSR count). The minimum absolute atomic E-state index is 0.626. The summed E-state index contributed by atoms with van der Waals surface area (Å²) >= 11 is 3.59. The SMILES string of the molecule is CONCc1cc(OC)c2c(c1Br)CCO2. The van der Waals surface area contributed by atoms with Crippen LogP contribution in [0.5, 0.6) is 11.5 Å². The second-order valence-corrected chi connectivity index (χ2v) is 4.28. The number of fused-ring (bicyclic) bond motifs is 1. The maximum atomic E-state index is 5.55. The maximum Gasteiger partial charge on any atom is 0.165 e. The first-order chi connectivity index (χ1) is 7.77. The molecule has 1 N–H and O–H groups in total. The van der Waals surface area contributed by atoms with E-state index in [1.54, 1.807) is 14.2 Å². The average Bonchev–Trinajstić information content (AvgIpc) is 2.78. The lowest BCUT2D eigenvalue weighted by molar-refractivity contribution is 0.0865. The van der Waals surface area contributed by atoms with Gasteiger partial charge in [0.2, 0.25) is 0 Å². The molecular weight excluding hydrogens is 274 g/mol. The molecule has 1 aromatic rings. The summed E-state index contributed by atoms with van der Waals surface area (Å²) in [5, 5.41) is 0. The summed E-state index contributed by atoms with van der Waals surface area (Å²) in [6.07, 6.45) is 0.910. The highest BCUT2D eigenvalue weighted by atomic mass is 79.9. The number of hydroxylamine groups is 1. The highest BCUT2D eigenvalue weighted by molar-refractivity contribution is 9.10. The molecule has 16 heavy (non-hydrogen) atoms. The number of halogens is 1. The lowest BCUT2D eigenvalue weighted by atomic mass is 10.1. The molecule has 0 aliphatic carbocycles. The number of methoxy groups -OCH3 is 1. The highest BCUT2D eigenvalue weighted by Crippen LogP contribution is 2.42. The van der Waals surface area contributed by atoms with Gasteiger partial charge in [-0.15, -0.1) is 0 Å². The largest absolute Gasteiger partial charge is 0.493 e. The minimum atomic E-state index is 0.626. The van der Waals surface area contributed by atoms with Gasteiger partial charge in [0.25, 0.3) is 0 Å². The zero-order valence-corrected chi connectivity index (χ0v) is 10.9. The predicted molar refractivity (Wildman–Crippen MR) is 63.7 cm³/mol. The Morgan fingerprint density at radius 3 is 3.00 bits per heavy atom. The minimum Gasteiger partial charge on any atom is -0.493 e. The summed E-state index contributed by atoms with van der Waals surface area (Å²) in [4.78, 5) is 4.85. The zero-order valence-electron chi connectivity index (χ0n) is 9.30. The first-order valence-corrected chi connectivity index (χ1v) is 5.84. The van der Waals surface area contributed by atoms with E-state index in [0.29, 0.717) is 13.2 Å². The summed E-state index contributed by atoms with van der Waals surface area (Å²) in [7, 11) is 3.25. The van der Waals surface area contributed by atoms with Crippen LogP contribution in [0.4, 0.5) is 0 Å². The fraction of sp³-hybridized carbons (Fsp3) is 0.455. The van der Waals surface area contributed by atoms with Crippen LogP contribution >= 0.6 is 15.9 Å². The molecule has 88 valence electrons. The molecule has 0 unspecified atom stereocenters. The van der Waals surface area contributed by atoms with Crippen LogP contribution in [0.15, 0.2) is 10.5 Å². The van der Waals surface area contributed by atoms with Crippen LogP contribution in [-0.4, -0.2) is 20.8 Å². The Hall–Kier alpha value is -0.780. The van der Waals surface area contributed by atoms with Crippen molar-refractivity contribution < 1.29 is 14.3 Å². The first kappa shape index (κ1) is 11.7. The third-order valence-corrected chi connectivity index (χ3v) is 3.56. The second kappa shape index (κ2) is 5.03. The zero-order chi connectivity index (χ0) is 11.5. The van der Waals surface area contributed by atoms with E-state index in [2.05, 4.69) is 21.4 Å². The average molecular weight is 288 g/mol. The number of rotatable bonds is 4. The molecule has 0 saturated heterocycles. The monoisotopic (exact) mass is 287 g/mol. The van der Waals surface area contributed by atoms with E-state index in [1.165, 1.54) is 5.56 Å². The quantitative estimate of drug-likeness (QED) is 0.861. The summed E-state index contributed by atoms with van der Waals surface area (Å²) in [5.74, 6) is 1.64. The molecule has 1 aromatic carbocycles. The molecule has 4 nitrogen and oxygen atoms in total. The molecule has 0 saturated carbocycles. The van der Waals surface area contributed by atoms with Crippen molar-refractivity contribution in [2.45, 2.75) is 13.0 Å². The Labute approximate surface area is 103 Å². The van der Waals surface area contributed by atoms with Crippen molar-refractivity contribution in [1.29, 1.82) is 0 Å². The Bertz CT molecular complexity index is 395. The van der Waals surface area contributed by atoms with Gasteiger partial charge >= 0.3 is 0 Å². The van der Waals surface area contributed by atoms with Gasteiger partial charge in [0.05, 0.1) is 20.8 Å². The van der Waals surface area contributed by atoms with Crippen LogP contribution in [0, 0.1) is 0 Å². The Balaban J connectivity index is 2.39. The molecule has 0 fully saturated rings. The van der Waals surface area contributed by atoms with E-state index in [-0.39, 0.29) is 0 Å².